The Hall–Kier alpha value is -1.26. The highest BCUT2D eigenvalue weighted by Crippen LogP contribution is 2.34. The number of rotatable bonds is 6. The molecule has 0 heterocycles. The van der Waals surface area contributed by atoms with E-state index in [0.717, 1.165) is 5.56 Å². The molecule has 3 atom stereocenters. The molecule has 2 N–H and O–H groups in total. The van der Waals surface area contributed by atoms with E-state index < -0.39 is 6.10 Å². The first-order valence-corrected chi connectivity index (χ1v) is 6.06. The molecule has 3 unspecified atom stereocenters. The van der Waals surface area contributed by atoms with Crippen molar-refractivity contribution in [2.75, 3.05) is 20.8 Å². The number of methoxy groups -OCH3 is 2. The standard InChI is InChI=1S/C14H22O4/c1-9(8-15)10(2)14(16)11-5-6-12(17-3)13(7-11)18-4/h5-7,9-10,14-16H,8H2,1-4H3. The third-order valence-corrected chi connectivity index (χ3v) is 3.43. The number of aliphatic hydroxyl groups is 2. The van der Waals surface area contributed by atoms with Crippen LogP contribution < -0.4 is 9.47 Å². The van der Waals surface area contributed by atoms with Gasteiger partial charge in [-0.15, -0.1) is 0 Å². The molecular weight excluding hydrogens is 232 g/mol. The first kappa shape index (κ1) is 14.8. The lowest BCUT2D eigenvalue weighted by Crippen LogP contribution is -2.19. The molecule has 0 spiro atoms. The lowest BCUT2D eigenvalue weighted by molar-refractivity contribution is 0.0640. The Kier molecular flexibility index (Phi) is 5.44. The Morgan fingerprint density at radius 3 is 2.22 bits per heavy atom. The zero-order valence-corrected chi connectivity index (χ0v) is 11.4. The van der Waals surface area contributed by atoms with Gasteiger partial charge >= 0.3 is 0 Å². The molecule has 0 radical (unpaired) electrons. The van der Waals surface area contributed by atoms with E-state index in [2.05, 4.69) is 0 Å². The van der Waals surface area contributed by atoms with Crippen LogP contribution >= 0.6 is 0 Å². The van der Waals surface area contributed by atoms with Crippen molar-refractivity contribution in [3.05, 3.63) is 23.8 Å². The van der Waals surface area contributed by atoms with Crippen LogP contribution in [0.2, 0.25) is 0 Å². The molecule has 102 valence electrons. The van der Waals surface area contributed by atoms with Gasteiger partial charge in [-0.05, 0) is 29.5 Å². The van der Waals surface area contributed by atoms with E-state index in [0.29, 0.717) is 11.5 Å². The summed E-state index contributed by atoms with van der Waals surface area (Å²) < 4.78 is 10.4. The van der Waals surface area contributed by atoms with Crippen molar-refractivity contribution in [2.45, 2.75) is 20.0 Å². The molecule has 0 aliphatic heterocycles. The Morgan fingerprint density at radius 1 is 1.11 bits per heavy atom. The predicted octanol–water partition coefficient (Wildman–Crippen LogP) is 2.00. The summed E-state index contributed by atoms with van der Waals surface area (Å²) in [6.45, 7) is 3.89. The number of ether oxygens (including phenoxy) is 2. The highest BCUT2D eigenvalue weighted by atomic mass is 16.5. The molecule has 0 aliphatic carbocycles. The zero-order chi connectivity index (χ0) is 13.7. The van der Waals surface area contributed by atoms with Crippen LogP contribution in [0.1, 0.15) is 25.5 Å². The lowest BCUT2D eigenvalue weighted by Gasteiger charge is -2.24. The highest BCUT2D eigenvalue weighted by molar-refractivity contribution is 5.43. The maximum Gasteiger partial charge on any atom is 0.161 e. The van der Waals surface area contributed by atoms with Crippen molar-refractivity contribution in [2.24, 2.45) is 11.8 Å². The van der Waals surface area contributed by atoms with Crippen molar-refractivity contribution < 1.29 is 19.7 Å². The average molecular weight is 254 g/mol. The molecule has 0 aliphatic rings. The summed E-state index contributed by atoms with van der Waals surface area (Å²) in [5.41, 5.74) is 0.764. The second kappa shape index (κ2) is 6.61. The van der Waals surface area contributed by atoms with Gasteiger partial charge in [0, 0.05) is 6.61 Å². The topological polar surface area (TPSA) is 58.9 Å². The van der Waals surface area contributed by atoms with Crippen LogP contribution in [0.3, 0.4) is 0 Å². The summed E-state index contributed by atoms with van der Waals surface area (Å²) in [6.07, 6.45) is -0.632. The van der Waals surface area contributed by atoms with Crippen molar-refractivity contribution in [3.8, 4) is 11.5 Å². The van der Waals surface area contributed by atoms with Crippen LogP contribution in [0, 0.1) is 11.8 Å². The molecule has 1 aromatic carbocycles. The van der Waals surface area contributed by atoms with E-state index in [1.165, 1.54) is 0 Å². The van der Waals surface area contributed by atoms with Crippen molar-refractivity contribution in [1.82, 2.24) is 0 Å². The minimum absolute atomic E-state index is 0.0342. The Morgan fingerprint density at radius 2 is 1.72 bits per heavy atom. The van der Waals surface area contributed by atoms with Gasteiger partial charge in [-0.3, -0.25) is 0 Å². The van der Waals surface area contributed by atoms with E-state index in [-0.39, 0.29) is 18.4 Å². The second-order valence-electron chi connectivity index (χ2n) is 4.58. The van der Waals surface area contributed by atoms with Gasteiger partial charge in [-0.2, -0.15) is 0 Å². The summed E-state index contributed by atoms with van der Waals surface area (Å²) in [5.74, 6) is 1.23. The van der Waals surface area contributed by atoms with Gasteiger partial charge < -0.3 is 19.7 Å². The summed E-state index contributed by atoms with van der Waals surface area (Å²) in [4.78, 5) is 0. The highest BCUT2D eigenvalue weighted by Gasteiger charge is 2.22. The molecule has 0 bridgehead atoms. The fraction of sp³-hybridized carbons (Fsp3) is 0.571. The molecule has 0 amide bonds. The van der Waals surface area contributed by atoms with Crippen molar-refractivity contribution in [1.29, 1.82) is 0 Å². The largest absolute Gasteiger partial charge is 0.493 e. The van der Waals surface area contributed by atoms with Gasteiger partial charge in [-0.25, -0.2) is 0 Å². The Bertz CT molecular complexity index is 378. The zero-order valence-electron chi connectivity index (χ0n) is 11.4. The fourth-order valence-electron chi connectivity index (χ4n) is 1.82. The number of hydrogen-bond acceptors (Lipinski definition) is 4. The molecule has 0 saturated carbocycles. The molecule has 18 heavy (non-hydrogen) atoms. The average Bonchev–Trinajstić information content (AvgIpc) is 2.43. The molecule has 1 rings (SSSR count). The van der Waals surface area contributed by atoms with Gasteiger partial charge in [-0.1, -0.05) is 19.9 Å². The minimum Gasteiger partial charge on any atom is -0.493 e. The van der Waals surface area contributed by atoms with Crippen molar-refractivity contribution in [3.63, 3.8) is 0 Å². The van der Waals surface area contributed by atoms with Gasteiger partial charge in [0.25, 0.3) is 0 Å². The van der Waals surface area contributed by atoms with Gasteiger partial charge in [0.2, 0.25) is 0 Å². The molecule has 4 nitrogen and oxygen atoms in total. The quantitative estimate of drug-likeness (QED) is 0.815. The number of benzene rings is 1. The first-order chi connectivity index (χ1) is 8.54. The van der Waals surface area contributed by atoms with Gasteiger partial charge in [0.15, 0.2) is 11.5 Å². The molecule has 4 heteroatoms. The molecule has 0 aromatic heterocycles. The van der Waals surface area contributed by atoms with Crippen molar-refractivity contribution >= 4 is 0 Å². The predicted molar refractivity (Wildman–Crippen MR) is 69.9 cm³/mol. The van der Waals surface area contributed by atoms with E-state index in [4.69, 9.17) is 14.6 Å². The maximum atomic E-state index is 10.3. The Balaban J connectivity index is 2.96. The van der Waals surface area contributed by atoms with Gasteiger partial charge in [0.1, 0.15) is 0 Å². The Labute approximate surface area is 108 Å². The summed E-state index contributed by atoms with van der Waals surface area (Å²) >= 11 is 0. The smallest absolute Gasteiger partial charge is 0.161 e. The summed E-state index contributed by atoms with van der Waals surface area (Å²) in [7, 11) is 3.14. The second-order valence-corrected chi connectivity index (χ2v) is 4.58. The maximum absolute atomic E-state index is 10.3. The monoisotopic (exact) mass is 254 g/mol. The van der Waals surface area contributed by atoms with E-state index in [1.54, 1.807) is 26.4 Å². The van der Waals surface area contributed by atoms with Crippen LogP contribution in [0.15, 0.2) is 18.2 Å². The SMILES string of the molecule is COc1ccc(C(O)C(C)C(C)CO)cc1OC. The minimum atomic E-state index is -0.632. The van der Waals surface area contributed by atoms with Crippen LogP contribution in [0.4, 0.5) is 0 Å². The number of aliphatic hydroxyl groups excluding tert-OH is 2. The van der Waals surface area contributed by atoms with Crippen LogP contribution in [0.5, 0.6) is 11.5 Å². The van der Waals surface area contributed by atoms with E-state index in [9.17, 15) is 5.11 Å². The first-order valence-electron chi connectivity index (χ1n) is 6.06. The van der Waals surface area contributed by atoms with Gasteiger partial charge in [0.05, 0.1) is 20.3 Å². The molecule has 1 aromatic rings. The van der Waals surface area contributed by atoms with Crippen LogP contribution in [-0.4, -0.2) is 31.0 Å². The third-order valence-electron chi connectivity index (χ3n) is 3.43. The summed E-state index contributed by atoms with van der Waals surface area (Å²) in [5, 5.41) is 19.4. The van der Waals surface area contributed by atoms with Crippen LogP contribution in [-0.2, 0) is 0 Å². The third kappa shape index (κ3) is 3.15. The van der Waals surface area contributed by atoms with Crippen LogP contribution in [0.25, 0.3) is 0 Å². The lowest BCUT2D eigenvalue weighted by atomic mass is 9.87. The van der Waals surface area contributed by atoms with E-state index >= 15 is 0 Å². The summed E-state index contributed by atoms with van der Waals surface area (Å²) in [6, 6.07) is 5.35. The number of hydrogen-bond donors (Lipinski definition) is 2. The molecule has 0 saturated heterocycles. The normalized spacial score (nSPS) is 15.9. The van der Waals surface area contributed by atoms with E-state index in [1.807, 2.05) is 19.9 Å². The molecule has 0 fully saturated rings. The molecular formula is C14H22O4. The fourth-order valence-corrected chi connectivity index (χ4v) is 1.82.